The minimum Gasteiger partial charge on any atom is -0.395 e. The van der Waals surface area contributed by atoms with Crippen molar-refractivity contribution in [1.82, 2.24) is 4.98 Å². The van der Waals surface area contributed by atoms with E-state index in [2.05, 4.69) is 26.2 Å². The summed E-state index contributed by atoms with van der Waals surface area (Å²) in [5.74, 6) is 0. The normalized spacial score (nSPS) is 9.73. The van der Waals surface area contributed by atoms with E-state index in [0.29, 0.717) is 10.8 Å². The number of pyridine rings is 1. The van der Waals surface area contributed by atoms with E-state index >= 15 is 0 Å². The number of rotatable bonds is 1. The van der Waals surface area contributed by atoms with Gasteiger partial charge in [-0.2, -0.15) is 0 Å². The molecule has 11 heavy (non-hydrogen) atoms. The zero-order valence-corrected chi connectivity index (χ0v) is 8.20. The highest BCUT2D eigenvalue weighted by atomic mass is 79.9. The van der Waals surface area contributed by atoms with Crippen LogP contribution in [-0.4, -0.2) is 12.0 Å². The molecule has 1 aromatic heterocycles. The third-order valence-corrected chi connectivity index (χ3v) is 2.17. The SMILES string of the molecule is CNc1c(Br)cnc(Cl)c1N. The fourth-order valence-corrected chi connectivity index (χ4v) is 1.39. The second-order valence-electron chi connectivity index (χ2n) is 1.94. The van der Waals surface area contributed by atoms with E-state index < -0.39 is 0 Å². The van der Waals surface area contributed by atoms with Crippen LogP contribution in [0.15, 0.2) is 10.7 Å². The molecule has 0 bridgehead atoms. The van der Waals surface area contributed by atoms with Gasteiger partial charge in [0.1, 0.15) is 0 Å². The fraction of sp³-hybridized carbons (Fsp3) is 0.167. The van der Waals surface area contributed by atoms with Crippen LogP contribution < -0.4 is 11.1 Å². The Labute approximate surface area is 78.1 Å². The lowest BCUT2D eigenvalue weighted by atomic mass is 10.3. The minimum absolute atomic E-state index is 0.317. The number of nitrogens with zero attached hydrogens (tertiary/aromatic N) is 1. The summed E-state index contributed by atoms with van der Waals surface area (Å²) in [5.41, 5.74) is 6.84. The Morgan fingerprint density at radius 3 is 2.82 bits per heavy atom. The molecule has 0 saturated carbocycles. The molecule has 60 valence electrons. The first-order chi connectivity index (χ1) is 5.16. The van der Waals surface area contributed by atoms with Gasteiger partial charge in [-0.15, -0.1) is 0 Å². The Hall–Kier alpha value is -0.480. The van der Waals surface area contributed by atoms with Gasteiger partial charge in [-0.3, -0.25) is 0 Å². The van der Waals surface area contributed by atoms with E-state index in [1.54, 1.807) is 13.2 Å². The summed E-state index contributed by atoms with van der Waals surface area (Å²) in [4.78, 5) is 3.84. The van der Waals surface area contributed by atoms with E-state index in [-0.39, 0.29) is 0 Å². The number of aromatic nitrogens is 1. The molecule has 0 saturated heterocycles. The van der Waals surface area contributed by atoms with Crippen LogP contribution in [0.3, 0.4) is 0 Å². The molecule has 0 spiro atoms. The highest BCUT2D eigenvalue weighted by Gasteiger charge is 2.06. The molecule has 1 rings (SSSR count). The second kappa shape index (κ2) is 3.28. The van der Waals surface area contributed by atoms with Crippen molar-refractivity contribution < 1.29 is 0 Å². The van der Waals surface area contributed by atoms with Crippen LogP contribution in [0.1, 0.15) is 0 Å². The van der Waals surface area contributed by atoms with Crippen molar-refractivity contribution in [3.63, 3.8) is 0 Å². The monoisotopic (exact) mass is 235 g/mol. The number of nitrogens with two attached hydrogens (primary N) is 1. The maximum absolute atomic E-state index is 5.67. The highest BCUT2D eigenvalue weighted by Crippen LogP contribution is 2.31. The summed E-state index contributed by atoms with van der Waals surface area (Å²) in [5, 5.41) is 3.23. The van der Waals surface area contributed by atoms with Crippen molar-refractivity contribution in [3.8, 4) is 0 Å². The predicted molar refractivity (Wildman–Crippen MR) is 50.9 cm³/mol. The molecule has 1 aromatic rings. The lowest BCUT2D eigenvalue weighted by Gasteiger charge is -2.07. The third-order valence-electron chi connectivity index (χ3n) is 1.27. The van der Waals surface area contributed by atoms with Crippen molar-refractivity contribution >= 4 is 38.9 Å². The zero-order valence-electron chi connectivity index (χ0n) is 5.86. The molecule has 0 aliphatic heterocycles. The number of nitrogens with one attached hydrogen (secondary N) is 1. The van der Waals surface area contributed by atoms with Gasteiger partial charge in [0.2, 0.25) is 0 Å². The molecule has 3 N–H and O–H groups in total. The largest absolute Gasteiger partial charge is 0.395 e. The molecule has 0 fully saturated rings. The summed E-state index contributed by atoms with van der Waals surface area (Å²) in [6, 6.07) is 0. The number of hydrogen-bond acceptors (Lipinski definition) is 3. The van der Waals surface area contributed by atoms with Crippen molar-refractivity contribution in [2.24, 2.45) is 0 Å². The third kappa shape index (κ3) is 1.57. The fourth-order valence-electron chi connectivity index (χ4n) is 0.733. The maximum atomic E-state index is 5.67. The summed E-state index contributed by atoms with van der Waals surface area (Å²) in [7, 11) is 1.77. The molecule has 0 aromatic carbocycles. The van der Waals surface area contributed by atoms with Crippen molar-refractivity contribution in [1.29, 1.82) is 0 Å². The van der Waals surface area contributed by atoms with Gasteiger partial charge in [0, 0.05) is 13.2 Å². The standard InChI is InChI=1S/C6H7BrClN3/c1-10-5-3(7)2-11-6(8)4(5)9/h2H,9H2,1H3,(H,10,11). The Kier molecular flexibility index (Phi) is 2.57. The smallest absolute Gasteiger partial charge is 0.154 e. The highest BCUT2D eigenvalue weighted by molar-refractivity contribution is 9.10. The number of anilines is 2. The predicted octanol–water partition coefficient (Wildman–Crippen LogP) is 2.12. The number of nitrogen functional groups attached to an aromatic ring is 1. The van der Waals surface area contributed by atoms with E-state index in [9.17, 15) is 0 Å². The van der Waals surface area contributed by atoms with Gasteiger partial charge < -0.3 is 11.1 Å². The van der Waals surface area contributed by atoms with Crippen LogP contribution in [0.2, 0.25) is 5.15 Å². The molecule has 0 aliphatic carbocycles. The quantitative estimate of drug-likeness (QED) is 0.735. The van der Waals surface area contributed by atoms with Crippen molar-refractivity contribution in [3.05, 3.63) is 15.8 Å². The topological polar surface area (TPSA) is 50.9 Å². The van der Waals surface area contributed by atoms with Gasteiger partial charge in [-0.1, -0.05) is 11.6 Å². The van der Waals surface area contributed by atoms with E-state index in [0.717, 1.165) is 10.2 Å². The van der Waals surface area contributed by atoms with E-state index in [4.69, 9.17) is 17.3 Å². The van der Waals surface area contributed by atoms with Crippen LogP contribution >= 0.6 is 27.5 Å². The van der Waals surface area contributed by atoms with Gasteiger partial charge in [-0.25, -0.2) is 4.98 Å². The van der Waals surface area contributed by atoms with Crippen LogP contribution in [-0.2, 0) is 0 Å². The Morgan fingerprint density at radius 2 is 2.36 bits per heavy atom. The Balaban J connectivity index is 3.29. The second-order valence-corrected chi connectivity index (χ2v) is 3.15. The minimum atomic E-state index is 0.317. The maximum Gasteiger partial charge on any atom is 0.154 e. The van der Waals surface area contributed by atoms with E-state index in [1.807, 2.05) is 0 Å². The van der Waals surface area contributed by atoms with Crippen molar-refractivity contribution in [2.45, 2.75) is 0 Å². The summed E-state index contributed by atoms with van der Waals surface area (Å²) in [6.45, 7) is 0. The van der Waals surface area contributed by atoms with Crippen LogP contribution in [0.25, 0.3) is 0 Å². The van der Waals surface area contributed by atoms with Gasteiger partial charge in [0.15, 0.2) is 5.15 Å². The van der Waals surface area contributed by atoms with Gasteiger partial charge in [0.25, 0.3) is 0 Å². The summed E-state index contributed by atoms with van der Waals surface area (Å²) < 4.78 is 0.807. The van der Waals surface area contributed by atoms with Crippen LogP contribution in [0.4, 0.5) is 11.4 Å². The average Bonchev–Trinajstić information content (AvgIpc) is 1.99. The van der Waals surface area contributed by atoms with Crippen LogP contribution in [0.5, 0.6) is 0 Å². The molecule has 1 heterocycles. The first-order valence-electron chi connectivity index (χ1n) is 2.94. The first kappa shape index (κ1) is 8.62. The summed E-state index contributed by atoms with van der Waals surface area (Å²) >= 11 is 8.95. The number of hydrogen-bond donors (Lipinski definition) is 2. The van der Waals surface area contributed by atoms with Gasteiger partial charge >= 0.3 is 0 Å². The van der Waals surface area contributed by atoms with Crippen LogP contribution in [0, 0.1) is 0 Å². The number of halogens is 2. The average molecular weight is 236 g/mol. The molecule has 0 atom stereocenters. The molecule has 0 radical (unpaired) electrons. The molecule has 0 amide bonds. The molecular formula is C6H7BrClN3. The molecule has 0 aliphatic rings. The lowest BCUT2D eigenvalue weighted by Crippen LogP contribution is -1.98. The molecule has 0 unspecified atom stereocenters. The van der Waals surface area contributed by atoms with Crippen molar-refractivity contribution in [2.75, 3.05) is 18.1 Å². The van der Waals surface area contributed by atoms with Gasteiger partial charge in [-0.05, 0) is 15.9 Å². The van der Waals surface area contributed by atoms with E-state index in [1.165, 1.54) is 0 Å². The lowest BCUT2D eigenvalue weighted by molar-refractivity contribution is 1.30. The molecule has 3 nitrogen and oxygen atoms in total. The summed E-state index contributed by atoms with van der Waals surface area (Å²) in [6.07, 6.45) is 1.60. The molecule has 5 heteroatoms. The molecular weight excluding hydrogens is 229 g/mol. The van der Waals surface area contributed by atoms with Gasteiger partial charge in [0.05, 0.1) is 15.8 Å². The first-order valence-corrected chi connectivity index (χ1v) is 4.11. The Morgan fingerprint density at radius 1 is 1.73 bits per heavy atom. The Bertz CT molecular complexity index is 277. The zero-order chi connectivity index (χ0) is 8.43.